The van der Waals surface area contributed by atoms with E-state index in [4.69, 9.17) is 0 Å². The van der Waals surface area contributed by atoms with Crippen LogP contribution in [0.2, 0.25) is 0 Å². The second kappa shape index (κ2) is 10.8. The first kappa shape index (κ1) is 20.2. The standard InChI is InChI=1S/C23H31NO2/c1-18(2)15-21(23(25)26)17-24-22(16-20-11-7-4-8-12-20)14-13-19-9-5-3-6-10-19/h3-12,18,21-22,24H,13-17H2,1-2H3,(H,25,26). The van der Waals surface area contributed by atoms with Gasteiger partial charge in [-0.15, -0.1) is 0 Å². The van der Waals surface area contributed by atoms with Gasteiger partial charge in [0.2, 0.25) is 0 Å². The lowest BCUT2D eigenvalue weighted by molar-refractivity contribution is -0.142. The lowest BCUT2D eigenvalue weighted by atomic mass is 9.95. The van der Waals surface area contributed by atoms with Gasteiger partial charge in [-0.25, -0.2) is 0 Å². The fraction of sp³-hybridized carbons (Fsp3) is 0.435. The van der Waals surface area contributed by atoms with Gasteiger partial charge in [0.1, 0.15) is 0 Å². The third-order valence-electron chi connectivity index (χ3n) is 4.71. The lowest BCUT2D eigenvalue weighted by Crippen LogP contribution is -2.38. The van der Waals surface area contributed by atoms with E-state index in [1.54, 1.807) is 0 Å². The molecule has 0 radical (unpaired) electrons. The zero-order valence-electron chi connectivity index (χ0n) is 15.9. The van der Waals surface area contributed by atoms with Gasteiger partial charge in [0.05, 0.1) is 5.92 Å². The number of carboxylic acids is 1. The Hall–Kier alpha value is -2.13. The summed E-state index contributed by atoms with van der Waals surface area (Å²) in [5.41, 5.74) is 2.61. The van der Waals surface area contributed by atoms with E-state index in [1.807, 2.05) is 12.1 Å². The monoisotopic (exact) mass is 353 g/mol. The van der Waals surface area contributed by atoms with Crippen LogP contribution < -0.4 is 5.32 Å². The Kier molecular flexibility index (Phi) is 8.36. The van der Waals surface area contributed by atoms with Crippen LogP contribution in [0.4, 0.5) is 0 Å². The summed E-state index contributed by atoms with van der Waals surface area (Å²) < 4.78 is 0. The normalized spacial score (nSPS) is 13.5. The molecule has 2 rings (SSSR count). The highest BCUT2D eigenvalue weighted by molar-refractivity contribution is 5.70. The molecule has 0 fully saturated rings. The Balaban J connectivity index is 1.98. The average molecular weight is 354 g/mol. The summed E-state index contributed by atoms with van der Waals surface area (Å²) in [6.07, 6.45) is 3.61. The zero-order valence-corrected chi connectivity index (χ0v) is 15.9. The van der Waals surface area contributed by atoms with Gasteiger partial charge in [0.25, 0.3) is 0 Å². The van der Waals surface area contributed by atoms with Crippen LogP contribution in [-0.2, 0) is 17.6 Å². The molecular weight excluding hydrogens is 322 g/mol. The summed E-state index contributed by atoms with van der Waals surface area (Å²) in [4.78, 5) is 11.5. The van der Waals surface area contributed by atoms with Crippen molar-refractivity contribution in [1.29, 1.82) is 0 Å². The molecule has 2 unspecified atom stereocenters. The van der Waals surface area contributed by atoms with Gasteiger partial charge < -0.3 is 10.4 Å². The van der Waals surface area contributed by atoms with Gasteiger partial charge >= 0.3 is 5.97 Å². The van der Waals surface area contributed by atoms with Crippen molar-refractivity contribution in [2.75, 3.05) is 6.54 Å². The Bertz CT molecular complexity index is 640. The van der Waals surface area contributed by atoms with E-state index in [0.29, 0.717) is 18.9 Å². The molecule has 0 saturated carbocycles. The summed E-state index contributed by atoms with van der Waals surface area (Å²) >= 11 is 0. The van der Waals surface area contributed by atoms with Crippen LogP contribution in [0.5, 0.6) is 0 Å². The minimum atomic E-state index is -0.701. The molecule has 0 aliphatic heterocycles. The number of aliphatic carboxylic acids is 1. The molecule has 3 heteroatoms. The minimum Gasteiger partial charge on any atom is -0.481 e. The van der Waals surface area contributed by atoms with Crippen molar-refractivity contribution in [2.45, 2.75) is 45.6 Å². The second-order valence-electron chi connectivity index (χ2n) is 7.48. The third-order valence-corrected chi connectivity index (χ3v) is 4.71. The van der Waals surface area contributed by atoms with Gasteiger partial charge in [-0.05, 0) is 42.7 Å². The fourth-order valence-electron chi connectivity index (χ4n) is 3.31. The molecule has 0 aromatic heterocycles. The summed E-state index contributed by atoms with van der Waals surface area (Å²) in [7, 11) is 0. The van der Waals surface area contributed by atoms with Crippen molar-refractivity contribution in [1.82, 2.24) is 5.32 Å². The molecule has 0 aliphatic rings. The lowest BCUT2D eigenvalue weighted by Gasteiger charge is -2.22. The molecule has 26 heavy (non-hydrogen) atoms. The van der Waals surface area contributed by atoms with Gasteiger partial charge in [-0.1, -0.05) is 74.5 Å². The van der Waals surface area contributed by atoms with E-state index >= 15 is 0 Å². The molecule has 2 aromatic rings. The SMILES string of the molecule is CC(C)CC(CNC(CCc1ccccc1)Cc1ccccc1)C(=O)O. The van der Waals surface area contributed by atoms with Crippen LogP contribution in [0.15, 0.2) is 60.7 Å². The van der Waals surface area contributed by atoms with Crippen molar-refractivity contribution in [3.05, 3.63) is 71.8 Å². The Morgan fingerprint density at radius 3 is 2.08 bits per heavy atom. The number of benzene rings is 2. The molecule has 0 heterocycles. The highest BCUT2D eigenvalue weighted by Crippen LogP contribution is 2.14. The summed E-state index contributed by atoms with van der Waals surface area (Å²) in [6.45, 7) is 4.68. The highest BCUT2D eigenvalue weighted by atomic mass is 16.4. The number of carboxylic acid groups (broad SMARTS) is 1. The predicted molar refractivity (Wildman–Crippen MR) is 107 cm³/mol. The molecular formula is C23H31NO2. The van der Waals surface area contributed by atoms with Crippen LogP contribution in [0.3, 0.4) is 0 Å². The van der Waals surface area contributed by atoms with Crippen LogP contribution in [0.25, 0.3) is 0 Å². The van der Waals surface area contributed by atoms with E-state index < -0.39 is 5.97 Å². The predicted octanol–water partition coefficient (Wildman–Crippen LogP) is 4.57. The molecule has 0 bridgehead atoms. The zero-order chi connectivity index (χ0) is 18.8. The number of hydrogen-bond acceptors (Lipinski definition) is 2. The topological polar surface area (TPSA) is 49.3 Å². The van der Waals surface area contributed by atoms with E-state index in [9.17, 15) is 9.90 Å². The van der Waals surface area contributed by atoms with Crippen LogP contribution in [0.1, 0.15) is 37.8 Å². The second-order valence-corrected chi connectivity index (χ2v) is 7.48. The van der Waals surface area contributed by atoms with Crippen molar-refractivity contribution in [3.8, 4) is 0 Å². The number of carbonyl (C=O) groups is 1. The van der Waals surface area contributed by atoms with E-state index in [0.717, 1.165) is 19.3 Å². The maximum absolute atomic E-state index is 11.5. The van der Waals surface area contributed by atoms with Crippen LogP contribution in [0, 0.1) is 11.8 Å². The van der Waals surface area contributed by atoms with Gasteiger partial charge in [0, 0.05) is 12.6 Å². The quantitative estimate of drug-likeness (QED) is 0.622. The molecule has 0 spiro atoms. The number of rotatable bonds is 11. The van der Waals surface area contributed by atoms with Crippen molar-refractivity contribution in [2.24, 2.45) is 11.8 Å². The first-order chi connectivity index (χ1) is 12.5. The van der Waals surface area contributed by atoms with E-state index in [2.05, 4.69) is 67.7 Å². The Morgan fingerprint density at radius 1 is 0.962 bits per heavy atom. The molecule has 3 nitrogen and oxygen atoms in total. The molecule has 0 amide bonds. The molecule has 0 aliphatic carbocycles. The highest BCUT2D eigenvalue weighted by Gasteiger charge is 2.20. The minimum absolute atomic E-state index is 0.270. The van der Waals surface area contributed by atoms with Crippen LogP contribution >= 0.6 is 0 Å². The molecule has 0 saturated heterocycles. The van der Waals surface area contributed by atoms with Crippen molar-refractivity contribution in [3.63, 3.8) is 0 Å². The van der Waals surface area contributed by atoms with Crippen LogP contribution in [-0.4, -0.2) is 23.7 Å². The van der Waals surface area contributed by atoms with Crippen molar-refractivity contribution < 1.29 is 9.90 Å². The molecule has 2 N–H and O–H groups in total. The maximum atomic E-state index is 11.5. The van der Waals surface area contributed by atoms with Gasteiger partial charge in [-0.3, -0.25) is 4.79 Å². The fourth-order valence-corrected chi connectivity index (χ4v) is 3.31. The summed E-state index contributed by atoms with van der Waals surface area (Å²) in [5.74, 6) is -0.646. The molecule has 2 atom stereocenters. The Labute approximate surface area is 157 Å². The smallest absolute Gasteiger partial charge is 0.307 e. The average Bonchev–Trinajstić information content (AvgIpc) is 2.64. The summed E-state index contributed by atoms with van der Waals surface area (Å²) in [6, 6.07) is 21.2. The number of hydrogen-bond donors (Lipinski definition) is 2. The first-order valence-corrected chi connectivity index (χ1v) is 9.58. The van der Waals surface area contributed by atoms with E-state index in [1.165, 1.54) is 11.1 Å². The summed E-state index contributed by atoms with van der Waals surface area (Å²) in [5, 5.41) is 13.0. The Morgan fingerprint density at radius 2 is 1.54 bits per heavy atom. The third kappa shape index (κ3) is 7.40. The van der Waals surface area contributed by atoms with Gasteiger partial charge in [0.15, 0.2) is 0 Å². The van der Waals surface area contributed by atoms with Gasteiger partial charge in [-0.2, -0.15) is 0 Å². The first-order valence-electron chi connectivity index (χ1n) is 9.58. The van der Waals surface area contributed by atoms with E-state index in [-0.39, 0.29) is 12.0 Å². The number of nitrogens with one attached hydrogen (secondary N) is 1. The molecule has 2 aromatic carbocycles. The maximum Gasteiger partial charge on any atom is 0.307 e. The number of aryl methyl sites for hydroxylation is 1. The van der Waals surface area contributed by atoms with Crippen molar-refractivity contribution >= 4 is 5.97 Å². The largest absolute Gasteiger partial charge is 0.481 e. The molecule has 140 valence electrons.